The summed E-state index contributed by atoms with van der Waals surface area (Å²) in [4.78, 5) is 11.5. The minimum absolute atomic E-state index is 0.505. The van der Waals surface area contributed by atoms with Gasteiger partial charge in [-0.15, -0.1) is 0 Å². The minimum Gasteiger partial charge on any atom is -0.476 e. The molecule has 3 rings (SSSR count). The average Bonchev–Trinajstić information content (AvgIpc) is 2.63. The standard InChI is InChI=1S/C17H29N5O2/c1-2-20-3-5-21(6-4-20)7-12-24-17-14-15(13-16(18)19-17)22-8-10-23-11-9-22/h13-14H,2-12H2,1H3,(H2,18,19). The number of nitrogens with zero attached hydrogens (tertiary/aromatic N) is 4. The summed E-state index contributed by atoms with van der Waals surface area (Å²) in [6, 6.07) is 3.89. The van der Waals surface area contributed by atoms with Crippen molar-refractivity contribution in [3.8, 4) is 5.88 Å². The van der Waals surface area contributed by atoms with Crippen LogP contribution in [0.3, 0.4) is 0 Å². The second-order valence-electron chi connectivity index (χ2n) is 6.31. The van der Waals surface area contributed by atoms with Gasteiger partial charge in [-0.25, -0.2) is 0 Å². The number of piperazine rings is 1. The van der Waals surface area contributed by atoms with Crippen LogP contribution in [0.25, 0.3) is 0 Å². The Bertz CT molecular complexity index is 514. The maximum absolute atomic E-state index is 5.95. The fourth-order valence-electron chi connectivity index (χ4n) is 3.20. The first-order valence-corrected chi connectivity index (χ1v) is 8.92. The lowest BCUT2D eigenvalue weighted by Crippen LogP contribution is -2.47. The Labute approximate surface area is 144 Å². The van der Waals surface area contributed by atoms with E-state index in [2.05, 4.69) is 26.6 Å². The van der Waals surface area contributed by atoms with E-state index in [1.165, 1.54) is 0 Å². The zero-order valence-electron chi connectivity index (χ0n) is 14.6. The normalized spacial score (nSPS) is 20.3. The number of likely N-dealkylation sites (N-methyl/N-ethyl adjacent to an activating group) is 1. The van der Waals surface area contributed by atoms with Crippen LogP contribution in [0.2, 0.25) is 0 Å². The van der Waals surface area contributed by atoms with E-state index in [1.54, 1.807) is 0 Å². The van der Waals surface area contributed by atoms with E-state index in [1.807, 2.05) is 12.1 Å². The molecule has 2 fully saturated rings. The third-order valence-corrected chi connectivity index (χ3v) is 4.75. The number of nitrogens with two attached hydrogens (primary N) is 1. The molecule has 2 saturated heterocycles. The Balaban J connectivity index is 1.49. The van der Waals surface area contributed by atoms with E-state index >= 15 is 0 Å². The SMILES string of the molecule is CCN1CCN(CCOc2cc(N3CCOCC3)cc(N)n2)CC1. The molecule has 1 aromatic heterocycles. The molecule has 0 unspecified atom stereocenters. The molecule has 134 valence electrons. The second kappa shape index (κ2) is 8.50. The Hall–Kier alpha value is -1.57. The summed E-state index contributed by atoms with van der Waals surface area (Å²) in [5.41, 5.74) is 7.01. The summed E-state index contributed by atoms with van der Waals surface area (Å²) >= 11 is 0. The Morgan fingerprint density at radius 1 is 1.08 bits per heavy atom. The van der Waals surface area contributed by atoms with Crippen LogP contribution in [-0.4, -0.2) is 87.0 Å². The summed E-state index contributed by atoms with van der Waals surface area (Å²) in [6.45, 7) is 12.7. The van der Waals surface area contributed by atoms with Crippen LogP contribution >= 0.6 is 0 Å². The number of aromatic nitrogens is 1. The number of anilines is 2. The van der Waals surface area contributed by atoms with Crippen LogP contribution in [-0.2, 0) is 4.74 Å². The van der Waals surface area contributed by atoms with Crippen molar-refractivity contribution in [3.05, 3.63) is 12.1 Å². The number of pyridine rings is 1. The van der Waals surface area contributed by atoms with Gasteiger partial charge in [-0.05, 0) is 6.54 Å². The molecule has 2 aliphatic heterocycles. The van der Waals surface area contributed by atoms with Crippen LogP contribution < -0.4 is 15.4 Å². The monoisotopic (exact) mass is 335 g/mol. The van der Waals surface area contributed by atoms with Crippen molar-refractivity contribution in [2.45, 2.75) is 6.92 Å². The van der Waals surface area contributed by atoms with E-state index < -0.39 is 0 Å². The molecule has 0 amide bonds. The fraction of sp³-hybridized carbons (Fsp3) is 0.706. The van der Waals surface area contributed by atoms with Gasteiger partial charge in [0, 0.05) is 63.6 Å². The zero-order valence-corrected chi connectivity index (χ0v) is 14.6. The molecule has 0 spiro atoms. The van der Waals surface area contributed by atoms with Gasteiger partial charge >= 0.3 is 0 Å². The predicted molar refractivity (Wildman–Crippen MR) is 95.7 cm³/mol. The van der Waals surface area contributed by atoms with Gasteiger partial charge in [-0.1, -0.05) is 6.92 Å². The molecule has 2 N–H and O–H groups in total. The van der Waals surface area contributed by atoms with E-state index in [4.69, 9.17) is 15.2 Å². The van der Waals surface area contributed by atoms with Gasteiger partial charge in [-0.3, -0.25) is 4.90 Å². The van der Waals surface area contributed by atoms with Crippen LogP contribution in [0, 0.1) is 0 Å². The number of morpholine rings is 1. The van der Waals surface area contributed by atoms with E-state index in [0.717, 1.165) is 71.3 Å². The fourth-order valence-corrected chi connectivity index (χ4v) is 3.20. The smallest absolute Gasteiger partial charge is 0.217 e. The average molecular weight is 335 g/mol. The molecule has 0 radical (unpaired) electrons. The largest absolute Gasteiger partial charge is 0.476 e. The third kappa shape index (κ3) is 4.72. The first kappa shape index (κ1) is 17.3. The summed E-state index contributed by atoms with van der Waals surface area (Å²) in [6.07, 6.45) is 0. The number of hydrogen-bond acceptors (Lipinski definition) is 7. The zero-order chi connectivity index (χ0) is 16.8. The van der Waals surface area contributed by atoms with Crippen molar-refractivity contribution in [3.63, 3.8) is 0 Å². The highest BCUT2D eigenvalue weighted by molar-refractivity contribution is 5.55. The van der Waals surface area contributed by atoms with Gasteiger partial charge in [0.15, 0.2) is 0 Å². The molecule has 0 aliphatic carbocycles. The lowest BCUT2D eigenvalue weighted by atomic mass is 10.3. The van der Waals surface area contributed by atoms with E-state index in [0.29, 0.717) is 18.3 Å². The molecule has 3 heterocycles. The van der Waals surface area contributed by atoms with Crippen LogP contribution in [0.15, 0.2) is 12.1 Å². The first-order chi connectivity index (χ1) is 11.7. The molecule has 7 heteroatoms. The van der Waals surface area contributed by atoms with E-state index in [-0.39, 0.29) is 0 Å². The van der Waals surface area contributed by atoms with Crippen molar-refractivity contribution in [1.29, 1.82) is 0 Å². The molecule has 7 nitrogen and oxygen atoms in total. The lowest BCUT2D eigenvalue weighted by molar-refractivity contribution is 0.119. The first-order valence-electron chi connectivity index (χ1n) is 8.92. The van der Waals surface area contributed by atoms with Crippen molar-refractivity contribution in [2.75, 3.05) is 82.8 Å². The number of ether oxygens (including phenoxy) is 2. The van der Waals surface area contributed by atoms with Gasteiger partial charge in [0.25, 0.3) is 0 Å². The molecule has 0 atom stereocenters. The summed E-state index contributed by atoms with van der Waals surface area (Å²) in [5.74, 6) is 1.12. The maximum Gasteiger partial charge on any atom is 0.217 e. The highest BCUT2D eigenvalue weighted by Gasteiger charge is 2.16. The molecule has 1 aromatic rings. The number of hydrogen-bond donors (Lipinski definition) is 1. The van der Waals surface area contributed by atoms with Crippen LogP contribution in [0.5, 0.6) is 5.88 Å². The molecule has 0 aromatic carbocycles. The summed E-state index contributed by atoms with van der Waals surface area (Å²) < 4.78 is 11.3. The number of rotatable bonds is 6. The van der Waals surface area contributed by atoms with Gasteiger partial charge < -0.3 is 25.0 Å². The molecule has 0 saturated carbocycles. The Morgan fingerprint density at radius 2 is 1.79 bits per heavy atom. The van der Waals surface area contributed by atoms with Gasteiger partial charge in [0.2, 0.25) is 5.88 Å². The molecule has 2 aliphatic rings. The molecular weight excluding hydrogens is 306 g/mol. The third-order valence-electron chi connectivity index (χ3n) is 4.75. The summed E-state index contributed by atoms with van der Waals surface area (Å²) in [5, 5.41) is 0. The molecule has 0 bridgehead atoms. The Morgan fingerprint density at radius 3 is 2.50 bits per heavy atom. The van der Waals surface area contributed by atoms with Crippen molar-refractivity contribution in [2.24, 2.45) is 0 Å². The van der Waals surface area contributed by atoms with Gasteiger partial charge in [-0.2, -0.15) is 4.98 Å². The Kier molecular flexibility index (Phi) is 6.12. The van der Waals surface area contributed by atoms with Crippen molar-refractivity contribution in [1.82, 2.24) is 14.8 Å². The van der Waals surface area contributed by atoms with Crippen LogP contribution in [0.1, 0.15) is 6.92 Å². The van der Waals surface area contributed by atoms with Crippen LogP contribution in [0.4, 0.5) is 11.5 Å². The van der Waals surface area contributed by atoms with Gasteiger partial charge in [0.05, 0.1) is 13.2 Å². The van der Waals surface area contributed by atoms with Crippen molar-refractivity contribution >= 4 is 11.5 Å². The molecular formula is C17H29N5O2. The van der Waals surface area contributed by atoms with Gasteiger partial charge in [0.1, 0.15) is 12.4 Å². The predicted octanol–water partition coefficient (Wildman–Crippen LogP) is 0.517. The number of nitrogen functional groups attached to an aromatic ring is 1. The van der Waals surface area contributed by atoms with Crippen molar-refractivity contribution < 1.29 is 9.47 Å². The quantitative estimate of drug-likeness (QED) is 0.813. The maximum atomic E-state index is 5.95. The highest BCUT2D eigenvalue weighted by atomic mass is 16.5. The minimum atomic E-state index is 0.505. The van der Waals surface area contributed by atoms with E-state index in [9.17, 15) is 0 Å². The summed E-state index contributed by atoms with van der Waals surface area (Å²) in [7, 11) is 0. The highest BCUT2D eigenvalue weighted by Crippen LogP contribution is 2.23. The topological polar surface area (TPSA) is 67.1 Å². The lowest BCUT2D eigenvalue weighted by Gasteiger charge is -2.33. The molecule has 24 heavy (non-hydrogen) atoms. The second-order valence-corrected chi connectivity index (χ2v) is 6.31.